The second kappa shape index (κ2) is 9.46. The highest BCUT2D eigenvalue weighted by molar-refractivity contribution is 6.31. The van der Waals surface area contributed by atoms with Crippen molar-refractivity contribution in [1.82, 2.24) is 5.32 Å². The first-order valence-electron chi connectivity index (χ1n) is 8.04. The largest absolute Gasteiger partial charge is 0.495 e. The van der Waals surface area contributed by atoms with E-state index in [0.717, 1.165) is 5.56 Å². The average Bonchev–Trinajstić information content (AvgIpc) is 2.61. The molecule has 2 rings (SSSR count). The Balaban J connectivity index is 2.00. The Kier molecular flexibility index (Phi) is 7.30. The van der Waals surface area contributed by atoms with Crippen molar-refractivity contribution < 1.29 is 14.3 Å². The topological polar surface area (TPSA) is 58.6 Å². The molecule has 0 unspecified atom stereocenters. The van der Waals surface area contributed by atoms with Gasteiger partial charge in [-0.05, 0) is 29.8 Å². The number of benzene rings is 2. The van der Waals surface area contributed by atoms with Gasteiger partial charge in [0.2, 0.25) is 11.8 Å². The van der Waals surface area contributed by atoms with Crippen LogP contribution in [0.4, 0.5) is 5.69 Å². The van der Waals surface area contributed by atoms with E-state index in [4.69, 9.17) is 27.9 Å². The molecular weight excluding hydrogens is 375 g/mol. The second-order valence-electron chi connectivity index (χ2n) is 5.60. The Bertz CT molecular complexity index is 796. The molecule has 0 spiro atoms. The summed E-state index contributed by atoms with van der Waals surface area (Å²) in [7, 11) is 1.52. The lowest BCUT2D eigenvalue weighted by atomic mass is 10.2. The second-order valence-corrected chi connectivity index (χ2v) is 6.45. The Hall–Kier alpha value is -2.24. The number of carbonyl (C=O) groups is 2. The summed E-state index contributed by atoms with van der Waals surface area (Å²) in [6, 6.07) is 12.3. The molecule has 1 N–H and O–H groups in total. The van der Waals surface area contributed by atoms with Crippen molar-refractivity contribution in [2.75, 3.05) is 18.6 Å². The number of hydrogen-bond donors (Lipinski definition) is 1. The number of halogens is 2. The molecule has 0 aliphatic carbocycles. The van der Waals surface area contributed by atoms with E-state index >= 15 is 0 Å². The third-order valence-electron chi connectivity index (χ3n) is 3.81. The molecule has 2 aromatic rings. The molecule has 7 heteroatoms. The van der Waals surface area contributed by atoms with Gasteiger partial charge in [0.1, 0.15) is 5.75 Å². The van der Waals surface area contributed by atoms with Gasteiger partial charge in [-0.3, -0.25) is 9.59 Å². The first kappa shape index (κ1) is 20.1. The molecule has 0 aliphatic heterocycles. The Labute approximate surface area is 162 Å². The van der Waals surface area contributed by atoms with Crippen LogP contribution < -0.4 is 15.0 Å². The van der Waals surface area contributed by atoms with E-state index < -0.39 is 0 Å². The van der Waals surface area contributed by atoms with Gasteiger partial charge in [0, 0.05) is 36.5 Å². The van der Waals surface area contributed by atoms with Crippen LogP contribution in [0.25, 0.3) is 0 Å². The summed E-state index contributed by atoms with van der Waals surface area (Å²) in [5, 5.41) is 3.89. The van der Waals surface area contributed by atoms with Crippen molar-refractivity contribution in [1.29, 1.82) is 0 Å². The average molecular weight is 395 g/mol. The molecule has 5 nitrogen and oxygen atoms in total. The summed E-state index contributed by atoms with van der Waals surface area (Å²) in [6.45, 7) is 1.97. The van der Waals surface area contributed by atoms with Gasteiger partial charge in [-0.25, -0.2) is 0 Å². The van der Waals surface area contributed by atoms with Crippen molar-refractivity contribution in [3.63, 3.8) is 0 Å². The fourth-order valence-corrected chi connectivity index (χ4v) is 2.83. The van der Waals surface area contributed by atoms with Crippen molar-refractivity contribution >= 4 is 40.7 Å². The van der Waals surface area contributed by atoms with Crippen LogP contribution >= 0.6 is 23.2 Å². The molecule has 0 aromatic heterocycles. The molecule has 26 heavy (non-hydrogen) atoms. The number of anilines is 1. The molecule has 0 heterocycles. The van der Waals surface area contributed by atoms with Crippen molar-refractivity contribution in [3.05, 3.63) is 58.1 Å². The lowest BCUT2D eigenvalue weighted by molar-refractivity contribution is -0.121. The van der Waals surface area contributed by atoms with Crippen molar-refractivity contribution in [2.24, 2.45) is 0 Å². The van der Waals surface area contributed by atoms with Gasteiger partial charge < -0.3 is 15.0 Å². The molecule has 0 bridgehead atoms. The summed E-state index contributed by atoms with van der Waals surface area (Å²) in [5.74, 6) is 0.128. The monoisotopic (exact) mass is 394 g/mol. The molecule has 0 atom stereocenters. The maximum absolute atomic E-state index is 12.2. The fourth-order valence-electron chi connectivity index (χ4n) is 2.46. The minimum Gasteiger partial charge on any atom is -0.495 e. The predicted molar refractivity (Wildman–Crippen MR) is 104 cm³/mol. The van der Waals surface area contributed by atoms with E-state index in [1.807, 2.05) is 18.2 Å². The SMILES string of the molecule is COc1ccc(Cl)cc1N(CCC(=O)NCc1ccccc1Cl)C(C)=O. The molecule has 0 saturated carbocycles. The number of nitrogens with one attached hydrogen (secondary N) is 1. The van der Waals surface area contributed by atoms with Gasteiger partial charge in [-0.2, -0.15) is 0 Å². The molecule has 0 radical (unpaired) electrons. The van der Waals surface area contributed by atoms with Gasteiger partial charge in [0.05, 0.1) is 12.8 Å². The van der Waals surface area contributed by atoms with E-state index in [1.54, 1.807) is 24.3 Å². The zero-order valence-electron chi connectivity index (χ0n) is 14.6. The normalized spacial score (nSPS) is 10.3. The zero-order valence-corrected chi connectivity index (χ0v) is 16.1. The third-order valence-corrected chi connectivity index (χ3v) is 4.41. The maximum atomic E-state index is 12.2. The molecule has 0 saturated heterocycles. The highest BCUT2D eigenvalue weighted by atomic mass is 35.5. The number of nitrogens with zero attached hydrogens (tertiary/aromatic N) is 1. The highest BCUT2D eigenvalue weighted by Crippen LogP contribution is 2.31. The van der Waals surface area contributed by atoms with Crippen molar-refractivity contribution in [3.8, 4) is 5.75 Å². The van der Waals surface area contributed by atoms with Crippen LogP contribution in [0.3, 0.4) is 0 Å². The van der Waals surface area contributed by atoms with Crippen LogP contribution in [0.5, 0.6) is 5.75 Å². The molecule has 2 amide bonds. The summed E-state index contributed by atoms with van der Waals surface area (Å²) in [4.78, 5) is 25.7. The molecule has 0 aliphatic rings. The van der Waals surface area contributed by atoms with Crippen LogP contribution in [0, 0.1) is 0 Å². The van der Waals surface area contributed by atoms with Crippen LogP contribution in [0.1, 0.15) is 18.9 Å². The maximum Gasteiger partial charge on any atom is 0.223 e. The Morgan fingerprint density at radius 3 is 2.54 bits per heavy atom. The summed E-state index contributed by atoms with van der Waals surface area (Å²) >= 11 is 12.1. The van der Waals surface area contributed by atoms with Gasteiger partial charge in [0.25, 0.3) is 0 Å². The smallest absolute Gasteiger partial charge is 0.223 e. The molecular formula is C19H20Cl2N2O3. The standard InChI is InChI=1S/C19H20Cl2N2O3/c1-13(24)23(17-11-15(20)7-8-18(17)26-2)10-9-19(25)22-12-14-5-3-4-6-16(14)21/h3-8,11H,9-10,12H2,1-2H3,(H,22,25). The van der Waals surface area contributed by atoms with Gasteiger partial charge in [-0.1, -0.05) is 41.4 Å². The van der Waals surface area contributed by atoms with Crippen LogP contribution in [0.15, 0.2) is 42.5 Å². The van der Waals surface area contributed by atoms with E-state index in [1.165, 1.54) is 18.9 Å². The minimum absolute atomic E-state index is 0.139. The highest BCUT2D eigenvalue weighted by Gasteiger charge is 2.18. The van der Waals surface area contributed by atoms with E-state index in [0.29, 0.717) is 28.0 Å². The van der Waals surface area contributed by atoms with E-state index in [-0.39, 0.29) is 24.8 Å². The van der Waals surface area contributed by atoms with Gasteiger partial charge in [0.15, 0.2) is 0 Å². The number of carbonyl (C=O) groups excluding carboxylic acids is 2. The number of hydrogen-bond acceptors (Lipinski definition) is 3. The zero-order chi connectivity index (χ0) is 19.1. The predicted octanol–water partition coefficient (Wildman–Crippen LogP) is 4.06. The number of amides is 2. The first-order chi connectivity index (χ1) is 12.4. The minimum atomic E-state index is -0.204. The molecule has 138 valence electrons. The lowest BCUT2D eigenvalue weighted by Crippen LogP contribution is -2.34. The molecule has 2 aromatic carbocycles. The number of methoxy groups -OCH3 is 1. The van der Waals surface area contributed by atoms with E-state index in [2.05, 4.69) is 5.32 Å². The fraction of sp³-hybridized carbons (Fsp3) is 0.263. The quantitative estimate of drug-likeness (QED) is 0.769. The summed E-state index contributed by atoms with van der Waals surface area (Å²) < 4.78 is 5.29. The number of rotatable bonds is 7. The number of ether oxygens (including phenoxy) is 1. The van der Waals surface area contributed by atoms with Crippen LogP contribution in [-0.2, 0) is 16.1 Å². The molecule has 0 fully saturated rings. The Morgan fingerprint density at radius 1 is 1.15 bits per heavy atom. The van der Waals surface area contributed by atoms with E-state index in [9.17, 15) is 9.59 Å². The van der Waals surface area contributed by atoms with Crippen LogP contribution in [0.2, 0.25) is 10.0 Å². The van der Waals surface area contributed by atoms with Crippen molar-refractivity contribution in [2.45, 2.75) is 19.9 Å². The lowest BCUT2D eigenvalue weighted by Gasteiger charge is -2.23. The third kappa shape index (κ3) is 5.38. The Morgan fingerprint density at radius 2 is 1.88 bits per heavy atom. The van der Waals surface area contributed by atoms with Gasteiger partial charge >= 0.3 is 0 Å². The first-order valence-corrected chi connectivity index (χ1v) is 8.79. The van der Waals surface area contributed by atoms with Gasteiger partial charge in [-0.15, -0.1) is 0 Å². The van der Waals surface area contributed by atoms with Crippen LogP contribution in [-0.4, -0.2) is 25.5 Å². The summed E-state index contributed by atoms with van der Waals surface area (Å²) in [5.41, 5.74) is 1.37. The summed E-state index contributed by atoms with van der Waals surface area (Å²) in [6.07, 6.45) is 0.139.